The molecule has 0 unspecified atom stereocenters. The lowest BCUT2D eigenvalue weighted by molar-refractivity contribution is 0.0473. The molecule has 1 saturated heterocycles. The number of nitrogens with one attached hydrogen (secondary N) is 2. The summed E-state index contributed by atoms with van der Waals surface area (Å²) >= 11 is 1.55. The first-order chi connectivity index (χ1) is 17.3. The fourth-order valence-electron chi connectivity index (χ4n) is 3.93. The van der Waals surface area contributed by atoms with Crippen LogP contribution in [0.4, 0.5) is 10.6 Å². The molecule has 4 heterocycles. The van der Waals surface area contributed by atoms with Gasteiger partial charge in [-0.1, -0.05) is 20.8 Å². The number of fused-ring (bicyclic) bond motifs is 1. The first-order valence-corrected chi connectivity index (χ1v) is 13.5. The normalized spacial score (nSPS) is 16.0. The molecule has 3 aromatic rings. The van der Waals surface area contributed by atoms with Gasteiger partial charge >= 0.3 is 6.09 Å². The van der Waals surface area contributed by atoms with Gasteiger partial charge in [-0.25, -0.2) is 19.3 Å². The molecule has 37 heavy (non-hydrogen) atoms. The Morgan fingerprint density at radius 3 is 2.49 bits per heavy atom. The summed E-state index contributed by atoms with van der Waals surface area (Å²) in [4.78, 5) is 37.9. The summed E-state index contributed by atoms with van der Waals surface area (Å²) in [5.41, 5.74) is 0.572. The van der Waals surface area contributed by atoms with E-state index in [4.69, 9.17) is 9.72 Å². The lowest BCUT2D eigenvalue weighted by Gasteiger charge is -2.33. The predicted octanol–water partition coefficient (Wildman–Crippen LogP) is 4.83. The van der Waals surface area contributed by atoms with Crippen molar-refractivity contribution in [3.63, 3.8) is 0 Å². The van der Waals surface area contributed by atoms with Crippen LogP contribution in [-0.2, 0) is 4.74 Å². The second-order valence-electron chi connectivity index (χ2n) is 11.6. The van der Waals surface area contributed by atoms with E-state index in [1.165, 1.54) is 0 Å². The fraction of sp³-hybridized carbons (Fsp3) is 0.577. The van der Waals surface area contributed by atoms with Crippen molar-refractivity contribution in [1.82, 2.24) is 29.8 Å². The van der Waals surface area contributed by atoms with Crippen LogP contribution in [-0.4, -0.2) is 67.3 Å². The van der Waals surface area contributed by atoms with Crippen LogP contribution in [0.3, 0.4) is 0 Å². The van der Waals surface area contributed by atoms with E-state index < -0.39 is 11.7 Å². The number of thiazole rings is 1. The molecule has 3 aromatic heterocycles. The maximum absolute atomic E-state index is 13.6. The molecule has 10 nitrogen and oxygen atoms in total. The number of anilines is 1. The number of likely N-dealkylation sites (tertiary alicyclic amines) is 1. The van der Waals surface area contributed by atoms with Crippen molar-refractivity contribution in [3.8, 4) is 11.4 Å². The van der Waals surface area contributed by atoms with Crippen molar-refractivity contribution >= 4 is 34.0 Å². The summed E-state index contributed by atoms with van der Waals surface area (Å²) in [5.74, 6) is 0.918. The summed E-state index contributed by atoms with van der Waals surface area (Å²) in [6, 6.07) is 1.81. The first-order valence-electron chi connectivity index (χ1n) is 12.7. The third-order valence-electron chi connectivity index (χ3n) is 6.48. The Balaban J connectivity index is 1.53. The average Bonchev–Trinajstić information content (AvgIpc) is 3.41. The summed E-state index contributed by atoms with van der Waals surface area (Å²) < 4.78 is 7.15. The number of amides is 2. The zero-order valence-corrected chi connectivity index (χ0v) is 23.5. The van der Waals surface area contributed by atoms with Gasteiger partial charge in [0.15, 0.2) is 5.82 Å². The molecule has 4 rings (SSSR count). The molecule has 1 aliphatic heterocycles. The number of nitrogens with zero attached hydrogens (tertiary/aromatic N) is 5. The van der Waals surface area contributed by atoms with Gasteiger partial charge in [0.05, 0.1) is 11.8 Å². The van der Waals surface area contributed by atoms with E-state index >= 15 is 0 Å². The van der Waals surface area contributed by atoms with Crippen molar-refractivity contribution < 1.29 is 14.3 Å². The zero-order chi connectivity index (χ0) is 27.0. The van der Waals surface area contributed by atoms with E-state index in [2.05, 4.69) is 48.4 Å². The van der Waals surface area contributed by atoms with Crippen molar-refractivity contribution in [2.75, 3.05) is 18.4 Å². The largest absolute Gasteiger partial charge is 0.444 e. The molecule has 0 saturated carbocycles. The van der Waals surface area contributed by atoms with Crippen LogP contribution in [0, 0.1) is 5.41 Å². The Morgan fingerprint density at radius 2 is 1.84 bits per heavy atom. The Morgan fingerprint density at radius 1 is 1.14 bits per heavy atom. The maximum Gasteiger partial charge on any atom is 0.407 e. The Labute approximate surface area is 221 Å². The summed E-state index contributed by atoms with van der Waals surface area (Å²) in [6.07, 6.45) is 4.49. The van der Waals surface area contributed by atoms with Gasteiger partial charge in [0.1, 0.15) is 21.9 Å². The van der Waals surface area contributed by atoms with Crippen molar-refractivity contribution in [2.45, 2.75) is 79.0 Å². The maximum atomic E-state index is 13.6. The number of alkyl carbamates (subject to hydrolysis) is 1. The van der Waals surface area contributed by atoms with Crippen LogP contribution in [0.1, 0.15) is 71.8 Å². The van der Waals surface area contributed by atoms with Gasteiger partial charge in [-0.2, -0.15) is 5.10 Å². The molecule has 1 aliphatic rings. The van der Waals surface area contributed by atoms with Gasteiger partial charge in [-0.05, 0) is 46.0 Å². The van der Waals surface area contributed by atoms with Crippen LogP contribution >= 0.6 is 11.3 Å². The first kappa shape index (κ1) is 26.8. The van der Waals surface area contributed by atoms with E-state index in [1.54, 1.807) is 33.0 Å². The number of ether oxygens (including phenoxy) is 1. The molecular formula is C26H37N7O3S. The van der Waals surface area contributed by atoms with E-state index in [0.717, 1.165) is 10.4 Å². The van der Waals surface area contributed by atoms with Crippen molar-refractivity contribution in [3.05, 3.63) is 29.5 Å². The number of aromatic nitrogens is 4. The standard InChI is InChI=1S/C26H37N7O3S/c1-16(25(2,3)4)28-20-14-19(30-21(31-20)18-15-27-33-12-13-37-23(18)33)22(34)32-10-8-17(9-11-32)29-24(35)36-26(5,6)7/h12-17H,8-11H2,1-7H3,(H,29,35)(H,28,30,31)/t16-/m1/s1. The molecule has 0 aromatic carbocycles. The van der Waals surface area contributed by atoms with Gasteiger partial charge in [-0.3, -0.25) is 4.79 Å². The molecule has 2 N–H and O–H groups in total. The lowest BCUT2D eigenvalue weighted by Crippen LogP contribution is -2.47. The SMILES string of the molecule is C[C@@H](Nc1cc(C(=O)N2CCC(NC(=O)OC(C)(C)C)CC2)nc(-c2cnn3ccsc23)n1)C(C)(C)C. The minimum Gasteiger partial charge on any atom is -0.444 e. The topological polar surface area (TPSA) is 114 Å². The number of hydrogen-bond acceptors (Lipinski definition) is 8. The van der Waals surface area contributed by atoms with Crippen LogP contribution in [0.2, 0.25) is 0 Å². The average molecular weight is 528 g/mol. The smallest absolute Gasteiger partial charge is 0.407 e. The third-order valence-corrected chi connectivity index (χ3v) is 7.37. The van der Waals surface area contributed by atoms with Crippen LogP contribution < -0.4 is 10.6 Å². The second-order valence-corrected chi connectivity index (χ2v) is 12.5. The van der Waals surface area contributed by atoms with Gasteiger partial charge in [0, 0.05) is 42.8 Å². The highest BCUT2D eigenvalue weighted by Crippen LogP contribution is 2.28. The molecule has 200 valence electrons. The fourth-order valence-corrected chi connectivity index (χ4v) is 4.73. The van der Waals surface area contributed by atoms with Gasteiger partial charge in [0.2, 0.25) is 0 Å². The number of hydrogen-bond donors (Lipinski definition) is 2. The molecule has 11 heteroatoms. The third kappa shape index (κ3) is 6.57. The molecular weight excluding hydrogens is 490 g/mol. The molecule has 1 atom stereocenters. The molecule has 0 radical (unpaired) electrons. The minimum atomic E-state index is -0.549. The molecule has 1 fully saturated rings. The monoisotopic (exact) mass is 527 g/mol. The van der Waals surface area contributed by atoms with Crippen LogP contribution in [0.25, 0.3) is 16.2 Å². The lowest BCUT2D eigenvalue weighted by atomic mass is 9.88. The minimum absolute atomic E-state index is 0.00294. The van der Waals surface area contributed by atoms with Gasteiger partial charge in [-0.15, -0.1) is 11.3 Å². The number of rotatable bonds is 5. The van der Waals surface area contributed by atoms with E-state index in [-0.39, 0.29) is 23.4 Å². The van der Waals surface area contributed by atoms with Crippen molar-refractivity contribution in [2.24, 2.45) is 5.41 Å². The summed E-state index contributed by atoms with van der Waals surface area (Å²) in [7, 11) is 0. The zero-order valence-electron chi connectivity index (χ0n) is 22.7. The predicted molar refractivity (Wildman–Crippen MR) is 145 cm³/mol. The van der Waals surface area contributed by atoms with Gasteiger partial charge < -0.3 is 20.3 Å². The van der Waals surface area contributed by atoms with E-state index in [9.17, 15) is 9.59 Å². The van der Waals surface area contributed by atoms with Crippen LogP contribution in [0.5, 0.6) is 0 Å². The quantitative estimate of drug-likeness (QED) is 0.489. The Bertz CT molecular complexity index is 1260. The summed E-state index contributed by atoms with van der Waals surface area (Å²) in [6.45, 7) is 15.1. The Kier molecular flexibility index (Phi) is 7.45. The van der Waals surface area contributed by atoms with E-state index in [1.807, 2.05) is 32.3 Å². The highest BCUT2D eigenvalue weighted by Gasteiger charge is 2.28. The highest BCUT2D eigenvalue weighted by atomic mass is 32.1. The molecule has 0 bridgehead atoms. The number of piperidine rings is 1. The van der Waals surface area contributed by atoms with E-state index in [0.29, 0.717) is 43.3 Å². The van der Waals surface area contributed by atoms with Gasteiger partial charge in [0.25, 0.3) is 5.91 Å². The highest BCUT2D eigenvalue weighted by molar-refractivity contribution is 7.16. The molecule has 2 amide bonds. The second kappa shape index (κ2) is 10.3. The number of carbonyl (C=O) groups is 2. The molecule has 0 spiro atoms. The number of carbonyl (C=O) groups excluding carboxylic acids is 2. The Hall–Kier alpha value is -3.21. The molecule has 0 aliphatic carbocycles. The summed E-state index contributed by atoms with van der Waals surface area (Å²) in [5, 5.41) is 12.7. The van der Waals surface area contributed by atoms with Crippen LogP contribution in [0.15, 0.2) is 23.8 Å². The van der Waals surface area contributed by atoms with Crippen molar-refractivity contribution in [1.29, 1.82) is 0 Å².